The lowest BCUT2D eigenvalue weighted by atomic mass is 10.2. The van der Waals surface area contributed by atoms with E-state index in [4.69, 9.17) is 16.3 Å². The third-order valence-electron chi connectivity index (χ3n) is 3.33. The van der Waals surface area contributed by atoms with E-state index in [1.54, 1.807) is 0 Å². The van der Waals surface area contributed by atoms with Gasteiger partial charge in [-0.2, -0.15) is 0 Å². The molecule has 23 heavy (non-hydrogen) atoms. The number of nitrogens with zero attached hydrogens (tertiary/aromatic N) is 3. The Bertz CT molecular complexity index is 899. The van der Waals surface area contributed by atoms with Crippen LogP contribution < -0.4 is 4.74 Å². The summed E-state index contributed by atoms with van der Waals surface area (Å²) in [6.07, 6.45) is 0. The van der Waals surface area contributed by atoms with Crippen LogP contribution in [-0.4, -0.2) is 14.9 Å². The lowest BCUT2D eigenvalue weighted by Crippen LogP contribution is -2.04. The molecule has 0 amide bonds. The third kappa shape index (κ3) is 3.22. The van der Waals surface area contributed by atoms with Gasteiger partial charge in [-0.15, -0.1) is 0 Å². The zero-order chi connectivity index (χ0) is 16.4. The summed E-state index contributed by atoms with van der Waals surface area (Å²) in [4.78, 5) is 19.2. The molecule has 0 aliphatic carbocycles. The standard InChI is InChI=1S/C16H12ClN3O3/c1-10-15(19-14-5-3-2-4-13(14)18-10)9-23-16-7-6-11(20(21)22)8-12(16)17/h2-8H,9H2,1H3. The van der Waals surface area contributed by atoms with Crippen molar-refractivity contribution in [2.45, 2.75) is 13.5 Å². The van der Waals surface area contributed by atoms with Gasteiger partial charge < -0.3 is 4.74 Å². The van der Waals surface area contributed by atoms with Crippen molar-refractivity contribution in [1.29, 1.82) is 0 Å². The summed E-state index contributed by atoms with van der Waals surface area (Å²) in [5.41, 5.74) is 2.98. The minimum atomic E-state index is -0.505. The Morgan fingerprint density at radius 2 is 1.87 bits per heavy atom. The van der Waals surface area contributed by atoms with Crippen molar-refractivity contribution in [2.75, 3.05) is 0 Å². The zero-order valence-corrected chi connectivity index (χ0v) is 12.9. The molecule has 0 aliphatic rings. The second kappa shape index (κ2) is 6.18. The largest absolute Gasteiger partial charge is 0.486 e. The number of hydrogen-bond donors (Lipinski definition) is 0. The molecule has 0 saturated carbocycles. The van der Waals surface area contributed by atoms with Crippen LogP contribution in [0.5, 0.6) is 5.75 Å². The Kier molecular flexibility index (Phi) is 4.08. The van der Waals surface area contributed by atoms with Gasteiger partial charge in [0.15, 0.2) is 0 Å². The number of nitro benzene ring substituents is 1. The topological polar surface area (TPSA) is 78.2 Å². The summed E-state index contributed by atoms with van der Waals surface area (Å²) in [6.45, 7) is 2.04. The van der Waals surface area contributed by atoms with Crippen LogP contribution in [0.2, 0.25) is 5.02 Å². The van der Waals surface area contributed by atoms with Crippen LogP contribution >= 0.6 is 11.6 Å². The Hall–Kier alpha value is -2.73. The first kappa shape index (κ1) is 15.2. The van der Waals surface area contributed by atoms with E-state index in [-0.39, 0.29) is 17.3 Å². The molecular weight excluding hydrogens is 318 g/mol. The van der Waals surface area contributed by atoms with Crippen LogP contribution in [0.1, 0.15) is 11.4 Å². The van der Waals surface area contributed by atoms with Crippen molar-refractivity contribution < 1.29 is 9.66 Å². The van der Waals surface area contributed by atoms with Gasteiger partial charge >= 0.3 is 0 Å². The molecule has 0 atom stereocenters. The van der Waals surface area contributed by atoms with Gasteiger partial charge in [-0.25, -0.2) is 9.97 Å². The number of aromatic nitrogens is 2. The Balaban J connectivity index is 1.83. The average molecular weight is 330 g/mol. The molecule has 6 nitrogen and oxygen atoms in total. The summed E-state index contributed by atoms with van der Waals surface area (Å²) in [6, 6.07) is 11.7. The van der Waals surface area contributed by atoms with Crippen molar-refractivity contribution in [2.24, 2.45) is 0 Å². The fourth-order valence-electron chi connectivity index (χ4n) is 2.13. The Morgan fingerprint density at radius 3 is 2.52 bits per heavy atom. The maximum absolute atomic E-state index is 10.7. The summed E-state index contributed by atoms with van der Waals surface area (Å²) in [5.74, 6) is 0.367. The number of fused-ring (bicyclic) bond motifs is 1. The van der Waals surface area contributed by atoms with Gasteiger partial charge in [-0.05, 0) is 25.1 Å². The number of nitro groups is 1. The van der Waals surface area contributed by atoms with E-state index < -0.39 is 4.92 Å². The lowest BCUT2D eigenvalue weighted by Gasteiger charge is -2.10. The molecule has 0 N–H and O–H groups in total. The van der Waals surface area contributed by atoms with E-state index in [1.807, 2.05) is 31.2 Å². The molecular formula is C16H12ClN3O3. The summed E-state index contributed by atoms with van der Waals surface area (Å²) >= 11 is 6.01. The molecule has 0 bridgehead atoms. The van der Waals surface area contributed by atoms with Gasteiger partial charge in [0.25, 0.3) is 5.69 Å². The first-order valence-electron chi connectivity index (χ1n) is 6.83. The predicted molar refractivity (Wildman–Crippen MR) is 86.7 cm³/mol. The molecule has 1 aromatic heterocycles. The number of rotatable bonds is 4. The minimum Gasteiger partial charge on any atom is -0.486 e. The fraction of sp³-hybridized carbons (Fsp3) is 0.125. The molecule has 3 rings (SSSR count). The summed E-state index contributed by atoms with van der Waals surface area (Å²) < 4.78 is 5.63. The van der Waals surface area contributed by atoms with Crippen LogP contribution in [0.25, 0.3) is 11.0 Å². The van der Waals surface area contributed by atoms with Gasteiger partial charge in [-0.1, -0.05) is 23.7 Å². The van der Waals surface area contributed by atoms with Gasteiger partial charge in [0.1, 0.15) is 12.4 Å². The van der Waals surface area contributed by atoms with Gasteiger partial charge in [0, 0.05) is 12.1 Å². The monoisotopic (exact) mass is 329 g/mol. The molecule has 7 heteroatoms. The Labute approximate surface area is 136 Å². The van der Waals surface area contributed by atoms with Crippen molar-refractivity contribution in [1.82, 2.24) is 9.97 Å². The van der Waals surface area contributed by atoms with Crippen molar-refractivity contribution in [3.05, 3.63) is 69.0 Å². The van der Waals surface area contributed by atoms with Crippen LogP contribution in [0.15, 0.2) is 42.5 Å². The van der Waals surface area contributed by atoms with Crippen LogP contribution in [0.4, 0.5) is 5.69 Å². The molecule has 116 valence electrons. The molecule has 0 spiro atoms. The van der Waals surface area contributed by atoms with E-state index in [2.05, 4.69) is 9.97 Å². The van der Waals surface area contributed by atoms with Gasteiger partial charge in [0.2, 0.25) is 0 Å². The fourth-order valence-corrected chi connectivity index (χ4v) is 2.36. The van der Waals surface area contributed by atoms with Crippen LogP contribution in [0.3, 0.4) is 0 Å². The number of ether oxygens (including phenoxy) is 1. The molecule has 0 saturated heterocycles. The predicted octanol–water partition coefficient (Wildman–Crippen LogP) is 4.08. The van der Waals surface area contributed by atoms with Crippen molar-refractivity contribution in [3.63, 3.8) is 0 Å². The van der Waals surface area contributed by atoms with E-state index in [9.17, 15) is 10.1 Å². The average Bonchev–Trinajstić information content (AvgIpc) is 2.53. The highest BCUT2D eigenvalue weighted by Crippen LogP contribution is 2.29. The second-order valence-electron chi connectivity index (χ2n) is 4.90. The number of para-hydroxylation sites is 2. The first-order valence-corrected chi connectivity index (χ1v) is 7.21. The second-order valence-corrected chi connectivity index (χ2v) is 5.31. The summed E-state index contributed by atoms with van der Waals surface area (Å²) in [7, 11) is 0. The van der Waals surface area contributed by atoms with Crippen LogP contribution in [0, 0.1) is 17.0 Å². The molecule has 0 aliphatic heterocycles. The normalized spacial score (nSPS) is 10.7. The quantitative estimate of drug-likeness (QED) is 0.532. The zero-order valence-electron chi connectivity index (χ0n) is 12.2. The molecule has 1 heterocycles. The van der Waals surface area contributed by atoms with Crippen LogP contribution in [-0.2, 0) is 6.61 Å². The molecule has 3 aromatic rings. The number of hydrogen-bond acceptors (Lipinski definition) is 5. The maximum atomic E-state index is 10.7. The molecule has 2 aromatic carbocycles. The highest BCUT2D eigenvalue weighted by molar-refractivity contribution is 6.32. The van der Waals surface area contributed by atoms with Crippen molar-refractivity contribution in [3.8, 4) is 5.75 Å². The first-order chi connectivity index (χ1) is 11.0. The van der Waals surface area contributed by atoms with E-state index in [1.165, 1.54) is 18.2 Å². The highest BCUT2D eigenvalue weighted by atomic mass is 35.5. The smallest absolute Gasteiger partial charge is 0.271 e. The molecule has 0 radical (unpaired) electrons. The van der Waals surface area contributed by atoms with Gasteiger partial charge in [0.05, 0.1) is 32.4 Å². The van der Waals surface area contributed by atoms with E-state index >= 15 is 0 Å². The van der Waals surface area contributed by atoms with E-state index in [0.717, 1.165) is 16.7 Å². The maximum Gasteiger partial charge on any atom is 0.271 e. The van der Waals surface area contributed by atoms with Gasteiger partial charge in [-0.3, -0.25) is 10.1 Å². The molecule has 0 fully saturated rings. The minimum absolute atomic E-state index is 0.0796. The number of benzene rings is 2. The van der Waals surface area contributed by atoms with Crippen molar-refractivity contribution >= 4 is 28.3 Å². The third-order valence-corrected chi connectivity index (χ3v) is 3.63. The summed E-state index contributed by atoms with van der Waals surface area (Å²) in [5, 5.41) is 10.9. The highest BCUT2D eigenvalue weighted by Gasteiger charge is 2.12. The number of halogens is 1. The number of aryl methyl sites for hydroxylation is 1. The Morgan fingerprint density at radius 1 is 1.17 bits per heavy atom. The SMILES string of the molecule is Cc1nc2ccccc2nc1COc1ccc([N+](=O)[O-])cc1Cl. The molecule has 0 unspecified atom stereocenters. The van der Waals surface area contributed by atoms with E-state index in [0.29, 0.717) is 11.4 Å². The lowest BCUT2D eigenvalue weighted by molar-refractivity contribution is -0.384. The number of non-ortho nitro benzene ring substituents is 1.